The van der Waals surface area contributed by atoms with Gasteiger partial charge in [0.2, 0.25) is 0 Å². The first-order chi connectivity index (χ1) is 6.75. The summed E-state index contributed by atoms with van der Waals surface area (Å²) in [6.45, 7) is 6.32. The zero-order chi connectivity index (χ0) is 9.97. The first-order valence-electron chi connectivity index (χ1n) is 5.23. The Morgan fingerprint density at radius 3 is 2.29 bits per heavy atom. The molecule has 1 saturated heterocycles. The van der Waals surface area contributed by atoms with Gasteiger partial charge in [0.25, 0.3) is 0 Å². The van der Waals surface area contributed by atoms with E-state index in [4.69, 9.17) is 4.74 Å². The second kappa shape index (κ2) is 4.01. The summed E-state index contributed by atoms with van der Waals surface area (Å²) in [4.78, 5) is 0. The molecule has 1 aromatic carbocycles. The van der Waals surface area contributed by atoms with Gasteiger partial charge in [-0.05, 0) is 31.5 Å². The second-order valence-electron chi connectivity index (χ2n) is 4.09. The summed E-state index contributed by atoms with van der Waals surface area (Å²) in [7, 11) is 0. The van der Waals surface area contributed by atoms with Gasteiger partial charge < -0.3 is 10.1 Å². The summed E-state index contributed by atoms with van der Waals surface area (Å²) in [6, 6.07) is 8.47. The van der Waals surface area contributed by atoms with Crippen LogP contribution >= 0.6 is 0 Å². The predicted octanol–water partition coefficient (Wildman–Crippen LogP) is 2.16. The van der Waals surface area contributed by atoms with E-state index in [1.54, 1.807) is 0 Å². The SMILES string of the molecule is CC(C)Oc1ccc(C2CNC2)cc1. The molecule has 2 nitrogen and oxygen atoms in total. The van der Waals surface area contributed by atoms with Crippen LogP contribution in [0.1, 0.15) is 25.3 Å². The first kappa shape index (κ1) is 9.53. The van der Waals surface area contributed by atoms with Crippen LogP contribution in [0.5, 0.6) is 5.75 Å². The lowest BCUT2D eigenvalue weighted by molar-refractivity contribution is 0.242. The third-order valence-corrected chi connectivity index (χ3v) is 2.50. The van der Waals surface area contributed by atoms with E-state index in [0.717, 1.165) is 18.8 Å². The van der Waals surface area contributed by atoms with Crippen molar-refractivity contribution >= 4 is 0 Å². The molecule has 1 aliphatic rings. The van der Waals surface area contributed by atoms with Crippen LogP contribution in [-0.2, 0) is 0 Å². The Hall–Kier alpha value is -1.02. The third-order valence-electron chi connectivity index (χ3n) is 2.50. The zero-order valence-corrected chi connectivity index (χ0v) is 8.79. The summed E-state index contributed by atoms with van der Waals surface area (Å²) in [5.41, 5.74) is 1.42. The molecule has 0 atom stereocenters. The van der Waals surface area contributed by atoms with Gasteiger partial charge in [-0.15, -0.1) is 0 Å². The molecule has 2 heteroatoms. The minimum atomic E-state index is 0.256. The maximum atomic E-state index is 5.58. The highest BCUT2D eigenvalue weighted by atomic mass is 16.5. The normalized spacial score (nSPS) is 16.8. The van der Waals surface area contributed by atoms with Crippen LogP contribution in [0.4, 0.5) is 0 Å². The van der Waals surface area contributed by atoms with Gasteiger partial charge in [-0.3, -0.25) is 0 Å². The molecular formula is C12H17NO. The van der Waals surface area contributed by atoms with E-state index in [9.17, 15) is 0 Å². The van der Waals surface area contributed by atoms with Crippen LogP contribution in [0.3, 0.4) is 0 Å². The van der Waals surface area contributed by atoms with Crippen LogP contribution < -0.4 is 10.1 Å². The molecule has 0 aliphatic carbocycles. The number of rotatable bonds is 3. The first-order valence-corrected chi connectivity index (χ1v) is 5.23. The molecule has 76 valence electrons. The summed E-state index contributed by atoms with van der Waals surface area (Å²) < 4.78 is 5.58. The predicted molar refractivity (Wildman–Crippen MR) is 57.8 cm³/mol. The Labute approximate surface area is 85.3 Å². The van der Waals surface area contributed by atoms with Gasteiger partial charge in [0.1, 0.15) is 5.75 Å². The maximum absolute atomic E-state index is 5.58. The number of ether oxygens (including phenoxy) is 1. The summed E-state index contributed by atoms with van der Waals surface area (Å²) in [5.74, 6) is 1.68. The molecule has 0 radical (unpaired) electrons. The van der Waals surface area contributed by atoms with Gasteiger partial charge in [-0.2, -0.15) is 0 Å². The fraction of sp³-hybridized carbons (Fsp3) is 0.500. The van der Waals surface area contributed by atoms with E-state index in [0.29, 0.717) is 5.92 Å². The number of benzene rings is 1. The Bertz CT molecular complexity index is 288. The lowest BCUT2D eigenvalue weighted by Gasteiger charge is -2.27. The quantitative estimate of drug-likeness (QED) is 0.790. The highest BCUT2D eigenvalue weighted by molar-refractivity contribution is 5.31. The molecule has 0 aromatic heterocycles. The van der Waals surface area contributed by atoms with Gasteiger partial charge >= 0.3 is 0 Å². The molecule has 14 heavy (non-hydrogen) atoms. The molecule has 1 N–H and O–H groups in total. The van der Waals surface area contributed by atoms with E-state index in [2.05, 4.69) is 29.6 Å². The molecule has 1 aromatic rings. The molecule has 0 amide bonds. The van der Waals surface area contributed by atoms with Gasteiger partial charge in [-0.25, -0.2) is 0 Å². The Kier molecular flexibility index (Phi) is 2.73. The largest absolute Gasteiger partial charge is 0.491 e. The van der Waals surface area contributed by atoms with E-state index in [1.165, 1.54) is 5.56 Å². The molecule has 0 unspecified atom stereocenters. The minimum Gasteiger partial charge on any atom is -0.491 e. The van der Waals surface area contributed by atoms with Crippen molar-refractivity contribution in [2.45, 2.75) is 25.9 Å². The highest BCUT2D eigenvalue weighted by Gasteiger charge is 2.18. The van der Waals surface area contributed by atoms with Gasteiger partial charge in [0, 0.05) is 19.0 Å². The van der Waals surface area contributed by atoms with Crippen molar-refractivity contribution in [3.8, 4) is 5.75 Å². The van der Waals surface area contributed by atoms with Crippen molar-refractivity contribution < 1.29 is 4.74 Å². The Morgan fingerprint density at radius 2 is 1.86 bits per heavy atom. The Morgan fingerprint density at radius 1 is 1.21 bits per heavy atom. The number of nitrogens with one attached hydrogen (secondary N) is 1. The fourth-order valence-corrected chi connectivity index (χ4v) is 1.62. The summed E-state index contributed by atoms with van der Waals surface area (Å²) in [5, 5.41) is 3.28. The summed E-state index contributed by atoms with van der Waals surface area (Å²) >= 11 is 0. The van der Waals surface area contributed by atoms with Crippen molar-refractivity contribution in [1.29, 1.82) is 0 Å². The number of hydrogen-bond acceptors (Lipinski definition) is 2. The monoisotopic (exact) mass is 191 g/mol. The zero-order valence-electron chi connectivity index (χ0n) is 8.79. The molecule has 1 fully saturated rings. The van der Waals surface area contributed by atoms with E-state index >= 15 is 0 Å². The van der Waals surface area contributed by atoms with Crippen LogP contribution in [0.25, 0.3) is 0 Å². The molecule has 0 spiro atoms. The average molecular weight is 191 g/mol. The molecular weight excluding hydrogens is 174 g/mol. The van der Waals surface area contributed by atoms with Crippen LogP contribution in [0.2, 0.25) is 0 Å². The van der Waals surface area contributed by atoms with E-state index in [1.807, 2.05) is 13.8 Å². The van der Waals surface area contributed by atoms with Crippen LogP contribution in [0, 0.1) is 0 Å². The van der Waals surface area contributed by atoms with Crippen molar-refractivity contribution in [1.82, 2.24) is 5.32 Å². The summed E-state index contributed by atoms with van der Waals surface area (Å²) in [6.07, 6.45) is 0.256. The fourth-order valence-electron chi connectivity index (χ4n) is 1.62. The minimum absolute atomic E-state index is 0.256. The van der Waals surface area contributed by atoms with Gasteiger partial charge in [0.15, 0.2) is 0 Å². The molecule has 0 bridgehead atoms. The molecule has 1 aliphatic heterocycles. The van der Waals surface area contributed by atoms with E-state index < -0.39 is 0 Å². The maximum Gasteiger partial charge on any atom is 0.119 e. The van der Waals surface area contributed by atoms with Crippen molar-refractivity contribution in [2.75, 3.05) is 13.1 Å². The average Bonchev–Trinajstić information content (AvgIpc) is 2.04. The molecule has 1 heterocycles. The van der Waals surface area contributed by atoms with Gasteiger partial charge in [0.05, 0.1) is 6.10 Å². The van der Waals surface area contributed by atoms with Crippen molar-refractivity contribution in [3.05, 3.63) is 29.8 Å². The van der Waals surface area contributed by atoms with Crippen LogP contribution in [-0.4, -0.2) is 19.2 Å². The lowest BCUT2D eigenvalue weighted by Crippen LogP contribution is -2.39. The molecule has 2 rings (SSSR count). The van der Waals surface area contributed by atoms with Crippen LogP contribution in [0.15, 0.2) is 24.3 Å². The third kappa shape index (κ3) is 2.07. The Balaban J connectivity index is 2.02. The lowest BCUT2D eigenvalue weighted by atomic mass is 9.94. The van der Waals surface area contributed by atoms with Gasteiger partial charge in [-0.1, -0.05) is 12.1 Å². The van der Waals surface area contributed by atoms with Crippen molar-refractivity contribution in [2.24, 2.45) is 0 Å². The topological polar surface area (TPSA) is 21.3 Å². The standard InChI is InChI=1S/C12H17NO/c1-9(2)14-12-5-3-10(4-6-12)11-7-13-8-11/h3-6,9,11,13H,7-8H2,1-2H3. The smallest absolute Gasteiger partial charge is 0.119 e. The van der Waals surface area contributed by atoms with E-state index in [-0.39, 0.29) is 6.10 Å². The highest BCUT2D eigenvalue weighted by Crippen LogP contribution is 2.22. The number of hydrogen-bond donors (Lipinski definition) is 1. The second-order valence-corrected chi connectivity index (χ2v) is 4.09. The van der Waals surface area contributed by atoms with Crippen molar-refractivity contribution in [3.63, 3.8) is 0 Å². The molecule has 0 saturated carbocycles.